The molecule has 3 N–H and O–H groups in total. The van der Waals surface area contributed by atoms with Gasteiger partial charge in [-0.25, -0.2) is 4.79 Å². The van der Waals surface area contributed by atoms with E-state index in [4.69, 9.17) is 0 Å². The molecule has 19 heavy (non-hydrogen) atoms. The molecule has 2 rings (SSSR count). The highest BCUT2D eigenvalue weighted by molar-refractivity contribution is 5.94. The number of aromatic nitrogens is 1. The topological polar surface area (TPSA) is 75.2 Å². The molecule has 6 heteroatoms. The lowest BCUT2D eigenvalue weighted by molar-refractivity contribution is -0.119. The predicted molar refractivity (Wildman–Crippen MR) is 74.0 cm³/mol. The minimum absolute atomic E-state index is 0.0469. The maximum atomic E-state index is 11.6. The van der Waals surface area contributed by atoms with E-state index in [9.17, 15) is 9.59 Å². The SMILES string of the molecule is CNC(=O)CNC(=O)Nc1ccc2ccn(C)c2c1. The Morgan fingerprint density at radius 3 is 2.79 bits per heavy atom. The van der Waals surface area contributed by atoms with Crippen molar-refractivity contribution in [1.82, 2.24) is 15.2 Å². The molecule has 0 aliphatic carbocycles. The highest BCUT2D eigenvalue weighted by Gasteiger charge is 2.05. The Morgan fingerprint density at radius 2 is 2.05 bits per heavy atom. The number of likely N-dealkylation sites (N-methyl/N-ethyl adjacent to an activating group) is 1. The summed E-state index contributed by atoms with van der Waals surface area (Å²) in [4.78, 5) is 22.6. The van der Waals surface area contributed by atoms with Crippen LogP contribution in [0.2, 0.25) is 0 Å². The predicted octanol–water partition coefficient (Wildman–Crippen LogP) is 1.05. The van der Waals surface area contributed by atoms with Crippen LogP contribution >= 0.6 is 0 Å². The summed E-state index contributed by atoms with van der Waals surface area (Å²) in [5, 5.41) is 8.69. The number of urea groups is 1. The third kappa shape index (κ3) is 3.04. The molecule has 0 aliphatic heterocycles. The quantitative estimate of drug-likeness (QED) is 0.771. The third-order valence-electron chi connectivity index (χ3n) is 2.83. The van der Waals surface area contributed by atoms with E-state index in [-0.39, 0.29) is 12.5 Å². The first-order valence-corrected chi connectivity index (χ1v) is 5.90. The fourth-order valence-corrected chi connectivity index (χ4v) is 1.76. The Balaban J connectivity index is 2.02. The van der Waals surface area contributed by atoms with E-state index in [1.54, 1.807) is 0 Å². The number of nitrogens with one attached hydrogen (secondary N) is 3. The van der Waals surface area contributed by atoms with Crippen LogP contribution in [0.3, 0.4) is 0 Å². The average Bonchev–Trinajstić information content (AvgIpc) is 2.77. The monoisotopic (exact) mass is 260 g/mol. The Bertz CT molecular complexity index is 618. The van der Waals surface area contributed by atoms with Crippen LogP contribution in [0.4, 0.5) is 10.5 Å². The van der Waals surface area contributed by atoms with Gasteiger partial charge in [0, 0.05) is 31.5 Å². The minimum atomic E-state index is -0.405. The van der Waals surface area contributed by atoms with E-state index in [0.29, 0.717) is 5.69 Å². The number of hydrogen-bond donors (Lipinski definition) is 3. The second kappa shape index (κ2) is 5.43. The van der Waals surface area contributed by atoms with E-state index >= 15 is 0 Å². The van der Waals surface area contributed by atoms with Gasteiger partial charge in [-0.2, -0.15) is 0 Å². The lowest BCUT2D eigenvalue weighted by Gasteiger charge is -2.07. The maximum Gasteiger partial charge on any atom is 0.319 e. The zero-order valence-electron chi connectivity index (χ0n) is 10.9. The Kier molecular flexibility index (Phi) is 3.70. The van der Waals surface area contributed by atoms with E-state index < -0.39 is 6.03 Å². The van der Waals surface area contributed by atoms with Crippen molar-refractivity contribution in [2.75, 3.05) is 18.9 Å². The molecule has 1 heterocycles. The molecule has 0 fully saturated rings. The summed E-state index contributed by atoms with van der Waals surface area (Å²) in [6.45, 7) is -0.0469. The van der Waals surface area contributed by atoms with E-state index in [1.807, 2.05) is 42.1 Å². The Labute approximate surface area is 110 Å². The smallest absolute Gasteiger partial charge is 0.319 e. The highest BCUT2D eigenvalue weighted by atomic mass is 16.2. The van der Waals surface area contributed by atoms with E-state index in [1.165, 1.54) is 7.05 Å². The van der Waals surface area contributed by atoms with Gasteiger partial charge in [-0.3, -0.25) is 4.79 Å². The number of carbonyl (C=O) groups is 2. The third-order valence-corrected chi connectivity index (χ3v) is 2.83. The van der Waals surface area contributed by atoms with Gasteiger partial charge in [-0.1, -0.05) is 6.07 Å². The van der Waals surface area contributed by atoms with Gasteiger partial charge in [-0.05, 0) is 23.6 Å². The molecule has 2 aromatic rings. The van der Waals surface area contributed by atoms with E-state index in [2.05, 4.69) is 16.0 Å². The highest BCUT2D eigenvalue weighted by Crippen LogP contribution is 2.19. The molecule has 0 saturated heterocycles. The maximum absolute atomic E-state index is 11.6. The molecule has 1 aromatic heterocycles. The summed E-state index contributed by atoms with van der Waals surface area (Å²) in [5.74, 6) is -0.243. The van der Waals surface area contributed by atoms with Gasteiger partial charge >= 0.3 is 6.03 Å². The number of fused-ring (bicyclic) bond motifs is 1. The molecule has 1 aromatic carbocycles. The van der Waals surface area contributed by atoms with Crippen LogP contribution in [-0.4, -0.2) is 30.1 Å². The van der Waals surface area contributed by atoms with Gasteiger partial charge in [0.15, 0.2) is 0 Å². The molecule has 100 valence electrons. The number of nitrogens with zero attached hydrogens (tertiary/aromatic N) is 1. The van der Waals surface area contributed by atoms with Crippen molar-refractivity contribution in [3.63, 3.8) is 0 Å². The first-order valence-electron chi connectivity index (χ1n) is 5.90. The summed E-state index contributed by atoms with van der Waals surface area (Å²) in [7, 11) is 3.46. The van der Waals surface area contributed by atoms with Crippen LogP contribution in [0.5, 0.6) is 0 Å². The molecule has 0 aliphatic rings. The summed E-state index contributed by atoms with van der Waals surface area (Å²) >= 11 is 0. The van der Waals surface area contributed by atoms with Gasteiger partial charge in [0.25, 0.3) is 0 Å². The first kappa shape index (κ1) is 12.9. The zero-order valence-corrected chi connectivity index (χ0v) is 10.9. The lowest BCUT2D eigenvalue weighted by atomic mass is 10.2. The van der Waals surface area contributed by atoms with Gasteiger partial charge < -0.3 is 20.5 Å². The number of carbonyl (C=O) groups excluding carboxylic acids is 2. The van der Waals surface area contributed by atoms with Crippen molar-refractivity contribution in [1.29, 1.82) is 0 Å². The average molecular weight is 260 g/mol. The molecule has 6 nitrogen and oxygen atoms in total. The largest absolute Gasteiger partial charge is 0.358 e. The standard InChI is InChI=1S/C13H16N4O2/c1-14-12(18)8-15-13(19)16-10-4-3-9-5-6-17(2)11(9)7-10/h3-7H,8H2,1-2H3,(H,14,18)(H2,15,16,19). The Morgan fingerprint density at radius 1 is 1.26 bits per heavy atom. The fourth-order valence-electron chi connectivity index (χ4n) is 1.76. The second-order valence-corrected chi connectivity index (χ2v) is 4.18. The van der Waals surface area contributed by atoms with Crippen molar-refractivity contribution in [3.05, 3.63) is 30.5 Å². The Hall–Kier alpha value is -2.50. The first-order chi connectivity index (χ1) is 9.10. The van der Waals surface area contributed by atoms with Crippen LogP contribution in [0.25, 0.3) is 10.9 Å². The number of anilines is 1. The molecule has 0 unspecified atom stereocenters. The molecule has 0 bridgehead atoms. The van der Waals surface area contributed by atoms with E-state index in [0.717, 1.165) is 10.9 Å². The molecular weight excluding hydrogens is 244 g/mol. The van der Waals surface area contributed by atoms with Crippen molar-refractivity contribution in [2.24, 2.45) is 7.05 Å². The fraction of sp³-hybridized carbons (Fsp3) is 0.231. The van der Waals surface area contributed by atoms with Gasteiger partial charge in [0.05, 0.1) is 6.54 Å². The van der Waals surface area contributed by atoms with Crippen LogP contribution < -0.4 is 16.0 Å². The zero-order chi connectivity index (χ0) is 13.8. The number of rotatable bonds is 3. The second-order valence-electron chi connectivity index (χ2n) is 4.18. The van der Waals surface area contributed by atoms with Crippen LogP contribution in [0, 0.1) is 0 Å². The van der Waals surface area contributed by atoms with Gasteiger partial charge in [-0.15, -0.1) is 0 Å². The lowest BCUT2D eigenvalue weighted by Crippen LogP contribution is -2.37. The number of aryl methyl sites for hydroxylation is 1. The van der Waals surface area contributed by atoms with Crippen molar-refractivity contribution in [3.8, 4) is 0 Å². The molecule has 3 amide bonds. The van der Waals surface area contributed by atoms with Crippen LogP contribution in [0.1, 0.15) is 0 Å². The van der Waals surface area contributed by atoms with Gasteiger partial charge in [0.1, 0.15) is 0 Å². The van der Waals surface area contributed by atoms with Crippen LogP contribution in [-0.2, 0) is 11.8 Å². The molecule has 0 radical (unpaired) electrons. The van der Waals surface area contributed by atoms with Crippen molar-refractivity contribution < 1.29 is 9.59 Å². The van der Waals surface area contributed by atoms with Crippen molar-refractivity contribution >= 4 is 28.5 Å². The normalized spacial score (nSPS) is 10.2. The summed E-state index contributed by atoms with van der Waals surface area (Å²) in [6.07, 6.45) is 1.96. The van der Waals surface area contributed by atoms with Gasteiger partial charge in [0.2, 0.25) is 5.91 Å². The van der Waals surface area contributed by atoms with Crippen LogP contribution in [0.15, 0.2) is 30.5 Å². The summed E-state index contributed by atoms with van der Waals surface area (Å²) in [5.41, 5.74) is 1.72. The summed E-state index contributed by atoms with van der Waals surface area (Å²) < 4.78 is 1.98. The molecule has 0 atom stereocenters. The number of hydrogen-bond acceptors (Lipinski definition) is 2. The summed E-state index contributed by atoms with van der Waals surface area (Å²) in [6, 6.07) is 7.24. The molecule has 0 spiro atoms. The number of benzene rings is 1. The van der Waals surface area contributed by atoms with Crippen molar-refractivity contribution in [2.45, 2.75) is 0 Å². The number of amides is 3. The molecule has 0 saturated carbocycles. The minimum Gasteiger partial charge on any atom is -0.358 e. The molecular formula is C13H16N4O2.